The Morgan fingerprint density at radius 3 is 2.67 bits per heavy atom. The van der Waals surface area contributed by atoms with E-state index in [1.165, 1.54) is 25.5 Å². The zero-order valence-electron chi connectivity index (χ0n) is 19.1. The van der Waals surface area contributed by atoms with Crippen LogP contribution in [0.2, 0.25) is 0 Å². The van der Waals surface area contributed by atoms with Gasteiger partial charge in [0.15, 0.2) is 16.9 Å². The summed E-state index contributed by atoms with van der Waals surface area (Å²) in [5.41, 5.74) is 0.594. The van der Waals surface area contributed by atoms with Crippen molar-refractivity contribution < 1.29 is 37.7 Å². The van der Waals surface area contributed by atoms with E-state index in [9.17, 15) is 19.5 Å². The van der Waals surface area contributed by atoms with E-state index in [0.717, 1.165) is 0 Å². The van der Waals surface area contributed by atoms with Gasteiger partial charge in [-0.25, -0.2) is 4.79 Å². The van der Waals surface area contributed by atoms with Crippen molar-refractivity contribution in [1.29, 1.82) is 0 Å². The molecule has 1 atom stereocenters. The average molecular weight is 491 g/mol. The molecule has 3 heterocycles. The molecule has 1 aliphatic heterocycles. The lowest BCUT2D eigenvalue weighted by Gasteiger charge is -2.19. The van der Waals surface area contributed by atoms with Gasteiger partial charge in [-0.2, -0.15) is 0 Å². The fourth-order valence-corrected chi connectivity index (χ4v) is 4.07. The third-order valence-corrected chi connectivity index (χ3v) is 5.88. The van der Waals surface area contributed by atoms with Gasteiger partial charge in [0.05, 0.1) is 25.3 Å². The SMILES string of the molecule is COC(=O)c1ccc(CNC(=O)C[C@H](c2cc3c(cc2O)OCO3)c2coc3ccccc3c2=O)o1. The number of phenolic OH excluding ortho intramolecular Hbond substituents is 1. The minimum absolute atomic E-state index is 0.00178. The van der Waals surface area contributed by atoms with Crippen LogP contribution in [0.15, 0.2) is 68.4 Å². The molecule has 0 saturated heterocycles. The van der Waals surface area contributed by atoms with E-state index in [4.69, 9.17) is 18.3 Å². The number of rotatable bonds is 7. The van der Waals surface area contributed by atoms with Crippen molar-refractivity contribution in [3.63, 3.8) is 0 Å². The van der Waals surface area contributed by atoms with Gasteiger partial charge in [-0.05, 0) is 30.3 Å². The number of fused-ring (bicyclic) bond motifs is 2. The van der Waals surface area contributed by atoms with E-state index < -0.39 is 17.8 Å². The summed E-state index contributed by atoms with van der Waals surface area (Å²) in [7, 11) is 1.24. The van der Waals surface area contributed by atoms with Crippen LogP contribution in [-0.4, -0.2) is 30.9 Å². The van der Waals surface area contributed by atoms with Gasteiger partial charge in [-0.15, -0.1) is 0 Å². The molecule has 184 valence electrons. The first-order valence-electron chi connectivity index (χ1n) is 11.0. The van der Waals surface area contributed by atoms with Gasteiger partial charge in [0, 0.05) is 29.5 Å². The van der Waals surface area contributed by atoms with Crippen LogP contribution in [0.4, 0.5) is 0 Å². The lowest BCUT2D eigenvalue weighted by atomic mass is 9.87. The second kappa shape index (κ2) is 9.49. The lowest BCUT2D eigenvalue weighted by Crippen LogP contribution is -2.26. The Bertz CT molecular complexity index is 1520. The van der Waals surface area contributed by atoms with Gasteiger partial charge in [-0.1, -0.05) is 12.1 Å². The van der Waals surface area contributed by atoms with E-state index in [1.807, 2.05) is 0 Å². The maximum atomic E-state index is 13.4. The highest BCUT2D eigenvalue weighted by atomic mass is 16.7. The van der Waals surface area contributed by atoms with Crippen molar-refractivity contribution in [3.8, 4) is 17.2 Å². The van der Waals surface area contributed by atoms with Gasteiger partial charge in [-0.3, -0.25) is 9.59 Å². The number of furan rings is 1. The Balaban J connectivity index is 1.46. The van der Waals surface area contributed by atoms with Crippen molar-refractivity contribution in [2.45, 2.75) is 18.9 Å². The predicted molar refractivity (Wildman–Crippen MR) is 125 cm³/mol. The first kappa shape index (κ1) is 23.0. The zero-order valence-corrected chi connectivity index (χ0v) is 19.1. The highest BCUT2D eigenvalue weighted by Crippen LogP contribution is 2.42. The summed E-state index contributed by atoms with van der Waals surface area (Å²) in [6.07, 6.45) is 1.11. The number of carbonyl (C=O) groups excluding carboxylic acids is 2. The van der Waals surface area contributed by atoms with Crippen molar-refractivity contribution in [1.82, 2.24) is 5.32 Å². The first-order valence-corrected chi connectivity index (χ1v) is 11.0. The fourth-order valence-electron chi connectivity index (χ4n) is 4.07. The second-order valence-corrected chi connectivity index (χ2v) is 8.07. The van der Waals surface area contributed by atoms with Crippen LogP contribution in [0.1, 0.15) is 39.8 Å². The molecule has 0 unspecified atom stereocenters. The van der Waals surface area contributed by atoms with Crippen LogP contribution in [0.25, 0.3) is 11.0 Å². The summed E-state index contributed by atoms with van der Waals surface area (Å²) in [6, 6.07) is 12.7. The number of ether oxygens (including phenoxy) is 3. The summed E-state index contributed by atoms with van der Waals surface area (Å²) in [5.74, 6) is -0.959. The molecule has 0 saturated carbocycles. The summed E-state index contributed by atoms with van der Waals surface area (Å²) in [4.78, 5) is 37.9. The molecule has 0 aliphatic carbocycles. The minimum atomic E-state index is -0.859. The van der Waals surface area contributed by atoms with E-state index >= 15 is 0 Å². The normalized spacial score (nSPS) is 12.9. The molecule has 10 heteroatoms. The molecule has 4 aromatic rings. The molecule has 10 nitrogen and oxygen atoms in total. The molecule has 2 aromatic heterocycles. The quantitative estimate of drug-likeness (QED) is 0.372. The largest absolute Gasteiger partial charge is 0.508 e. The summed E-state index contributed by atoms with van der Waals surface area (Å²) in [5, 5.41) is 13.8. The van der Waals surface area contributed by atoms with Crippen LogP contribution < -0.4 is 20.2 Å². The number of benzene rings is 2. The van der Waals surface area contributed by atoms with Gasteiger partial charge in [0.1, 0.15) is 17.1 Å². The molecule has 0 fully saturated rings. The Morgan fingerprint density at radius 2 is 1.86 bits per heavy atom. The highest BCUT2D eigenvalue weighted by molar-refractivity contribution is 5.86. The molecule has 5 rings (SSSR count). The molecular formula is C26H21NO9. The average Bonchev–Trinajstić information content (AvgIpc) is 3.55. The minimum Gasteiger partial charge on any atom is -0.508 e. The third-order valence-electron chi connectivity index (χ3n) is 5.88. The van der Waals surface area contributed by atoms with Crippen molar-refractivity contribution in [2.75, 3.05) is 13.9 Å². The maximum absolute atomic E-state index is 13.4. The fraction of sp³-hybridized carbons (Fsp3) is 0.192. The maximum Gasteiger partial charge on any atom is 0.373 e. The monoisotopic (exact) mass is 491 g/mol. The van der Waals surface area contributed by atoms with Crippen molar-refractivity contribution in [2.24, 2.45) is 0 Å². The molecular weight excluding hydrogens is 470 g/mol. The molecule has 1 amide bonds. The Labute approximate surface area is 204 Å². The number of aromatic hydroxyl groups is 1. The number of esters is 1. The topological polar surface area (TPSA) is 137 Å². The van der Waals surface area contributed by atoms with Crippen LogP contribution in [0.3, 0.4) is 0 Å². The molecule has 2 aromatic carbocycles. The first-order chi connectivity index (χ1) is 17.4. The number of amides is 1. The summed E-state index contributed by atoms with van der Waals surface area (Å²) < 4.78 is 26.4. The predicted octanol–water partition coefficient (Wildman–Crippen LogP) is 3.45. The third kappa shape index (κ3) is 4.36. The molecule has 0 bridgehead atoms. The number of hydrogen-bond donors (Lipinski definition) is 2. The van der Waals surface area contributed by atoms with Crippen LogP contribution in [0.5, 0.6) is 17.2 Å². The number of hydrogen-bond acceptors (Lipinski definition) is 9. The highest BCUT2D eigenvalue weighted by Gasteiger charge is 2.28. The number of nitrogens with one attached hydrogen (secondary N) is 1. The Hall–Kier alpha value is -4.73. The van der Waals surface area contributed by atoms with Gasteiger partial charge in [0.25, 0.3) is 0 Å². The molecule has 36 heavy (non-hydrogen) atoms. The molecule has 0 spiro atoms. The van der Waals surface area contributed by atoms with Crippen molar-refractivity contribution >= 4 is 22.8 Å². The van der Waals surface area contributed by atoms with Crippen LogP contribution in [0, 0.1) is 0 Å². The van der Waals surface area contributed by atoms with E-state index in [2.05, 4.69) is 10.1 Å². The van der Waals surface area contributed by atoms with Crippen LogP contribution >= 0.6 is 0 Å². The Kier molecular flexibility index (Phi) is 6.07. The van der Waals surface area contributed by atoms with Crippen molar-refractivity contribution in [3.05, 3.63) is 87.7 Å². The molecule has 1 aliphatic rings. The zero-order chi connectivity index (χ0) is 25.2. The van der Waals surface area contributed by atoms with E-state index in [0.29, 0.717) is 33.8 Å². The van der Waals surface area contributed by atoms with Gasteiger partial charge in [0.2, 0.25) is 18.5 Å². The number of carbonyl (C=O) groups is 2. The summed E-state index contributed by atoms with van der Waals surface area (Å²) >= 11 is 0. The van der Waals surface area contributed by atoms with E-state index in [-0.39, 0.29) is 42.3 Å². The smallest absolute Gasteiger partial charge is 0.373 e. The van der Waals surface area contributed by atoms with Gasteiger partial charge < -0.3 is 33.5 Å². The number of phenols is 1. The number of para-hydroxylation sites is 1. The number of methoxy groups -OCH3 is 1. The molecule has 0 radical (unpaired) electrons. The lowest BCUT2D eigenvalue weighted by molar-refractivity contribution is -0.121. The molecule has 2 N–H and O–H groups in total. The van der Waals surface area contributed by atoms with Gasteiger partial charge >= 0.3 is 5.97 Å². The Morgan fingerprint density at radius 1 is 1.08 bits per heavy atom. The van der Waals surface area contributed by atoms with E-state index in [1.54, 1.807) is 36.4 Å². The summed E-state index contributed by atoms with van der Waals surface area (Å²) in [6.45, 7) is 0.000197. The standard InChI is InChI=1S/C26H21NO9/c1-32-26(31)21-7-6-14(36-21)11-27-24(29)9-16(17-8-22-23(10-19(17)28)35-13-34-22)18-12-33-20-5-3-2-4-15(20)25(18)30/h2-8,10,12,16,28H,9,11,13H2,1H3,(H,27,29)/t16-/m1/s1. The van der Waals surface area contributed by atoms with Crippen LogP contribution in [-0.2, 0) is 16.1 Å². The second-order valence-electron chi connectivity index (χ2n) is 8.07.